The SMILES string of the molecule is O=C(C1CC=CC1)N1CCC(Oc2cccc3c2ccn3CC(F)F)CC1. The third-order valence-corrected chi connectivity index (χ3v) is 5.51. The molecule has 0 unspecified atom stereocenters. The Labute approximate surface area is 157 Å². The molecule has 1 saturated heterocycles. The molecule has 1 aliphatic heterocycles. The summed E-state index contributed by atoms with van der Waals surface area (Å²) in [6.07, 6.45) is 6.79. The van der Waals surface area contributed by atoms with Gasteiger partial charge in [0.2, 0.25) is 5.91 Å². The van der Waals surface area contributed by atoms with Gasteiger partial charge in [0.15, 0.2) is 0 Å². The molecule has 0 saturated carbocycles. The minimum absolute atomic E-state index is 0.0415. The van der Waals surface area contributed by atoms with Crippen molar-refractivity contribution in [1.29, 1.82) is 0 Å². The van der Waals surface area contributed by atoms with Gasteiger partial charge in [-0.1, -0.05) is 18.2 Å². The van der Waals surface area contributed by atoms with Crippen LogP contribution in [0.2, 0.25) is 0 Å². The van der Waals surface area contributed by atoms with Crippen LogP contribution in [0.5, 0.6) is 5.75 Å². The molecule has 0 spiro atoms. The Morgan fingerprint density at radius 1 is 1.15 bits per heavy atom. The maximum Gasteiger partial charge on any atom is 0.256 e. The largest absolute Gasteiger partial charge is 0.490 e. The van der Waals surface area contributed by atoms with E-state index in [9.17, 15) is 13.6 Å². The van der Waals surface area contributed by atoms with Crippen molar-refractivity contribution >= 4 is 16.8 Å². The van der Waals surface area contributed by atoms with Crippen molar-refractivity contribution in [2.75, 3.05) is 13.1 Å². The number of hydrogen-bond donors (Lipinski definition) is 0. The predicted molar refractivity (Wildman–Crippen MR) is 100 cm³/mol. The standard InChI is InChI=1S/C21H24F2N2O2/c22-20(23)14-25-13-10-17-18(25)6-3-7-19(17)27-16-8-11-24(12-9-16)21(26)15-4-1-2-5-15/h1-3,6-7,10,13,15-16,20H,4-5,8-9,11-12,14H2. The molecule has 1 amide bonds. The summed E-state index contributed by atoms with van der Waals surface area (Å²) in [7, 11) is 0. The van der Waals surface area contributed by atoms with Crippen LogP contribution in [-0.4, -0.2) is 41.0 Å². The molecule has 1 aliphatic carbocycles. The second kappa shape index (κ2) is 7.71. The number of carbonyl (C=O) groups is 1. The molecule has 2 aliphatic rings. The summed E-state index contributed by atoms with van der Waals surface area (Å²) in [6.45, 7) is 1.11. The van der Waals surface area contributed by atoms with Crippen LogP contribution in [0.4, 0.5) is 8.78 Å². The zero-order valence-electron chi connectivity index (χ0n) is 15.2. The third-order valence-electron chi connectivity index (χ3n) is 5.51. The number of fused-ring (bicyclic) bond motifs is 1. The molecule has 1 aromatic carbocycles. The molecule has 0 atom stereocenters. The van der Waals surface area contributed by atoms with Gasteiger partial charge < -0.3 is 14.2 Å². The molecule has 4 nitrogen and oxygen atoms in total. The Morgan fingerprint density at radius 2 is 1.89 bits per heavy atom. The van der Waals surface area contributed by atoms with Crippen molar-refractivity contribution in [2.45, 2.75) is 44.8 Å². The normalized spacial score (nSPS) is 18.7. The fraction of sp³-hybridized carbons (Fsp3) is 0.476. The number of hydrogen-bond acceptors (Lipinski definition) is 2. The fourth-order valence-electron chi connectivity index (χ4n) is 4.06. The number of benzene rings is 1. The number of ether oxygens (including phenoxy) is 1. The molecule has 0 radical (unpaired) electrons. The van der Waals surface area contributed by atoms with Crippen LogP contribution in [0.3, 0.4) is 0 Å². The highest BCUT2D eigenvalue weighted by molar-refractivity contribution is 5.86. The molecule has 27 heavy (non-hydrogen) atoms. The Kier molecular flexibility index (Phi) is 5.14. The molecular formula is C21H24F2N2O2. The van der Waals surface area contributed by atoms with E-state index in [0.29, 0.717) is 13.1 Å². The first-order chi connectivity index (χ1) is 13.1. The smallest absolute Gasteiger partial charge is 0.256 e. The van der Waals surface area contributed by atoms with Crippen LogP contribution >= 0.6 is 0 Å². The van der Waals surface area contributed by atoms with Crippen molar-refractivity contribution in [3.05, 3.63) is 42.6 Å². The van der Waals surface area contributed by atoms with E-state index in [-0.39, 0.29) is 24.5 Å². The predicted octanol–water partition coefficient (Wildman–Crippen LogP) is 4.24. The van der Waals surface area contributed by atoms with E-state index < -0.39 is 6.43 Å². The monoisotopic (exact) mass is 374 g/mol. The molecule has 6 heteroatoms. The van der Waals surface area contributed by atoms with Gasteiger partial charge in [0, 0.05) is 43.4 Å². The number of aromatic nitrogens is 1. The Morgan fingerprint density at radius 3 is 2.59 bits per heavy atom. The topological polar surface area (TPSA) is 34.5 Å². The molecule has 1 fully saturated rings. The number of piperidine rings is 1. The number of amides is 1. The highest BCUT2D eigenvalue weighted by atomic mass is 19.3. The summed E-state index contributed by atoms with van der Waals surface area (Å²) >= 11 is 0. The summed E-state index contributed by atoms with van der Waals surface area (Å²) in [4.78, 5) is 14.5. The molecule has 0 N–H and O–H groups in total. The van der Waals surface area contributed by atoms with E-state index >= 15 is 0 Å². The Hall–Kier alpha value is -2.37. The van der Waals surface area contributed by atoms with Crippen molar-refractivity contribution in [3.8, 4) is 5.75 Å². The quantitative estimate of drug-likeness (QED) is 0.734. The lowest BCUT2D eigenvalue weighted by atomic mass is 10.0. The minimum atomic E-state index is -2.39. The molecule has 0 bridgehead atoms. The van der Waals surface area contributed by atoms with Gasteiger partial charge in [0.1, 0.15) is 11.9 Å². The van der Waals surface area contributed by atoms with E-state index in [4.69, 9.17) is 4.74 Å². The van der Waals surface area contributed by atoms with Crippen LogP contribution in [0.25, 0.3) is 10.9 Å². The number of halogens is 2. The lowest BCUT2D eigenvalue weighted by Crippen LogP contribution is -2.44. The first-order valence-electron chi connectivity index (χ1n) is 9.58. The van der Waals surface area contributed by atoms with Gasteiger partial charge in [0.25, 0.3) is 6.43 Å². The number of alkyl halides is 2. The summed E-state index contributed by atoms with van der Waals surface area (Å²) in [6, 6.07) is 7.39. The van der Waals surface area contributed by atoms with Gasteiger partial charge in [-0.25, -0.2) is 8.78 Å². The van der Waals surface area contributed by atoms with Crippen LogP contribution in [0.15, 0.2) is 42.6 Å². The van der Waals surface area contributed by atoms with Gasteiger partial charge in [0.05, 0.1) is 12.1 Å². The van der Waals surface area contributed by atoms with Gasteiger partial charge in [-0.15, -0.1) is 0 Å². The second-order valence-corrected chi connectivity index (χ2v) is 7.33. The maximum atomic E-state index is 12.7. The molecule has 1 aromatic heterocycles. The third kappa shape index (κ3) is 3.84. The van der Waals surface area contributed by atoms with E-state index in [1.165, 1.54) is 0 Å². The maximum absolute atomic E-state index is 12.7. The van der Waals surface area contributed by atoms with Crippen LogP contribution < -0.4 is 4.74 Å². The van der Waals surface area contributed by atoms with Gasteiger partial charge in [-0.3, -0.25) is 4.79 Å². The summed E-state index contributed by atoms with van der Waals surface area (Å²) in [5.74, 6) is 1.10. The first kappa shape index (κ1) is 18.0. The van der Waals surface area contributed by atoms with E-state index in [2.05, 4.69) is 12.2 Å². The van der Waals surface area contributed by atoms with Gasteiger partial charge in [-0.05, 0) is 31.0 Å². The Bertz CT molecular complexity index is 830. The highest BCUT2D eigenvalue weighted by Crippen LogP contribution is 2.30. The van der Waals surface area contributed by atoms with Crippen LogP contribution in [0, 0.1) is 5.92 Å². The lowest BCUT2D eigenvalue weighted by Gasteiger charge is -2.33. The molecule has 4 rings (SSSR count). The van der Waals surface area contributed by atoms with E-state index in [1.54, 1.807) is 10.8 Å². The second-order valence-electron chi connectivity index (χ2n) is 7.33. The van der Waals surface area contributed by atoms with Crippen molar-refractivity contribution in [1.82, 2.24) is 9.47 Å². The lowest BCUT2D eigenvalue weighted by molar-refractivity contribution is -0.137. The van der Waals surface area contributed by atoms with Crippen LogP contribution in [0.1, 0.15) is 25.7 Å². The van der Waals surface area contributed by atoms with Gasteiger partial charge in [-0.2, -0.15) is 0 Å². The van der Waals surface area contributed by atoms with E-state index in [0.717, 1.165) is 42.3 Å². The highest BCUT2D eigenvalue weighted by Gasteiger charge is 2.29. The van der Waals surface area contributed by atoms with Gasteiger partial charge >= 0.3 is 0 Å². The summed E-state index contributed by atoms with van der Waals surface area (Å²) < 4.78 is 33.2. The zero-order valence-corrected chi connectivity index (χ0v) is 15.2. The Balaban J connectivity index is 1.39. The number of allylic oxidation sites excluding steroid dienone is 2. The van der Waals surface area contributed by atoms with Crippen molar-refractivity contribution in [3.63, 3.8) is 0 Å². The van der Waals surface area contributed by atoms with E-state index in [1.807, 2.05) is 29.2 Å². The number of rotatable bonds is 5. The average Bonchev–Trinajstić information content (AvgIpc) is 3.33. The summed E-state index contributed by atoms with van der Waals surface area (Å²) in [5.41, 5.74) is 0.758. The fourth-order valence-corrected chi connectivity index (χ4v) is 4.06. The van der Waals surface area contributed by atoms with Crippen molar-refractivity contribution < 1.29 is 18.3 Å². The number of nitrogens with zero attached hydrogens (tertiary/aromatic N) is 2. The molecule has 2 heterocycles. The number of likely N-dealkylation sites (tertiary alicyclic amines) is 1. The molecule has 144 valence electrons. The van der Waals surface area contributed by atoms with Crippen LogP contribution in [-0.2, 0) is 11.3 Å². The first-order valence-corrected chi connectivity index (χ1v) is 9.58. The summed E-state index contributed by atoms with van der Waals surface area (Å²) in [5, 5.41) is 0.855. The molecule has 2 aromatic rings. The average molecular weight is 374 g/mol. The minimum Gasteiger partial charge on any atom is -0.490 e. The van der Waals surface area contributed by atoms with Crippen molar-refractivity contribution in [2.24, 2.45) is 5.92 Å². The zero-order chi connectivity index (χ0) is 18.8. The molecular weight excluding hydrogens is 350 g/mol. The number of carbonyl (C=O) groups excluding carboxylic acids is 1.